The zero-order valence-corrected chi connectivity index (χ0v) is 30.7. The number of aliphatic carboxylic acids is 1. The molecule has 0 saturated carbocycles. The van der Waals surface area contributed by atoms with Gasteiger partial charge in [-0.05, 0) is 103 Å². The summed E-state index contributed by atoms with van der Waals surface area (Å²) in [6.45, 7) is 13.1. The summed E-state index contributed by atoms with van der Waals surface area (Å²) in [7, 11) is 3.64. The highest BCUT2D eigenvalue weighted by Gasteiger charge is 2.36. The van der Waals surface area contributed by atoms with E-state index in [0.717, 1.165) is 56.6 Å². The van der Waals surface area contributed by atoms with Crippen LogP contribution in [0, 0.1) is 19.7 Å². The Labute approximate surface area is 297 Å². The van der Waals surface area contributed by atoms with E-state index in [1.165, 1.54) is 18.9 Å². The summed E-state index contributed by atoms with van der Waals surface area (Å²) in [6, 6.07) is 4.79. The van der Waals surface area contributed by atoms with Crippen LogP contribution in [0.3, 0.4) is 0 Å². The Hall–Kier alpha value is -4.07. The zero-order chi connectivity index (χ0) is 36.2. The lowest BCUT2D eigenvalue weighted by molar-refractivity contribution is -0.160. The molecule has 6 heterocycles. The van der Waals surface area contributed by atoms with Crippen LogP contribution >= 0.6 is 0 Å². The third-order valence-corrected chi connectivity index (χ3v) is 10.7. The second kappa shape index (κ2) is 13.8. The van der Waals surface area contributed by atoms with Crippen molar-refractivity contribution in [3.8, 4) is 28.5 Å². The summed E-state index contributed by atoms with van der Waals surface area (Å²) >= 11 is 0. The van der Waals surface area contributed by atoms with E-state index in [1.807, 2.05) is 45.4 Å². The molecule has 1 unspecified atom stereocenters. The van der Waals surface area contributed by atoms with E-state index in [4.69, 9.17) is 23.6 Å². The number of carboxylic acid groups (broad SMARTS) is 1. The fourth-order valence-electron chi connectivity index (χ4n) is 8.32. The quantitative estimate of drug-likeness (QED) is 0.208. The van der Waals surface area contributed by atoms with Crippen LogP contribution in [-0.4, -0.2) is 93.4 Å². The SMILES string of the molecule is COCC1CCCN1C1CCN(c2nnc(-c3cc4c(-c5cc(F)c6c(c5C)CCCO6)c([C@H](OC(C)(C)C)C(=O)O)c(C)nc4n3C)o2)CC1. The number of carboxylic acids is 1. The molecular weight excluding hydrogens is 655 g/mol. The molecule has 274 valence electrons. The molecule has 4 aromatic rings. The lowest BCUT2D eigenvalue weighted by Gasteiger charge is -2.38. The van der Waals surface area contributed by atoms with Crippen LogP contribution < -0.4 is 9.64 Å². The summed E-state index contributed by atoms with van der Waals surface area (Å²) in [5.74, 6) is -1.06. The van der Waals surface area contributed by atoms with Gasteiger partial charge < -0.3 is 33.2 Å². The highest BCUT2D eigenvalue weighted by atomic mass is 19.1. The number of anilines is 1. The van der Waals surface area contributed by atoms with Gasteiger partial charge in [0.25, 0.3) is 5.89 Å². The van der Waals surface area contributed by atoms with Crippen LogP contribution in [0.4, 0.5) is 10.4 Å². The number of methoxy groups -OCH3 is 1. The molecule has 0 amide bonds. The first kappa shape index (κ1) is 35.3. The predicted octanol–water partition coefficient (Wildman–Crippen LogP) is 6.39. The van der Waals surface area contributed by atoms with E-state index in [9.17, 15) is 9.90 Å². The number of hydrogen-bond acceptors (Lipinski definition) is 10. The number of likely N-dealkylation sites (tertiary alicyclic amines) is 1. The molecule has 2 fully saturated rings. The summed E-state index contributed by atoms with van der Waals surface area (Å²) in [5.41, 5.74) is 3.99. The average Bonchev–Trinajstić information content (AvgIpc) is 3.85. The van der Waals surface area contributed by atoms with Crippen LogP contribution in [0.15, 0.2) is 16.5 Å². The van der Waals surface area contributed by atoms with Crippen molar-refractivity contribution in [3.63, 3.8) is 0 Å². The van der Waals surface area contributed by atoms with Crippen LogP contribution in [0.2, 0.25) is 0 Å². The molecular formula is C38H49FN6O6. The molecule has 2 atom stereocenters. The summed E-state index contributed by atoms with van der Waals surface area (Å²) in [6.07, 6.45) is 4.45. The second-order valence-electron chi connectivity index (χ2n) is 15.1. The number of fused-ring (bicyclic) bond motifs is 2. The first-order valence-corrected chi connectivity index (χ1v) is 18.1. The van der Waals surface area contributed by atoms with E-state index >= 15 is 4.39 Å². The number of nitrogens with zero attached hydrogens (tertiary/aromatic N) is 6. The molecule has 2 saturated heterocycles. The molecule has 0 bridgehead atoms. The normalized spacial score (nSPS) is 19.5. The number of piperidine rings is 1. The Morgan fingerprint density at radius 1 is 1.12 bits per heavy atom. The molecule has 3 aliphatic rings. The Balaban J connectivity index is 1.30. The third kappa shape index (κ3) is 6.60. The van der Waals surface area contributed by atoms with Gasteiger partial charge >= 0.3 is 12.0 Å². The van der Waals surface area contributed by atoms with Crippen molar-refractivity contribution in [1.82, 2.24) is 24.6 Å². The Morgan fingerprint density at radius 3 is 2.59 bits per heavy atom. The molecule has 3 aromatic heterocycles. The highest BCUT2D eigenvalue weighted by Crippen LogP contribution is 2.45. The van der Waals surface area contributed by atoms with Crippen molar-refractivity contribution in [3.05, 3.63) is 40.3 Å². The molecule has 7 rings (SSSR count). The number of pyridine rings is 1. The van der Waals surface area contributed by atoms with Gasteiger partial charge in [0.2, 0.25) is 0 Å². The fourth-order valence-corrected chi connectivity index (χ4v) is 8.32. The minimum Gasteiger partial charge on any atom is -0.490 e. The van der Waals surface area contributed by atoms with E-state index in [0.29, 0.717) is 76.1 Å². The number of carbonyl (C=O) groups is 1. The topological polar surface area (TPSA) is 128 Å². The van der Waals surface area contributed by atoms with E-state index in [-0.39, 0.29) is 5.75 Å². The summed E-state index contributed by atoms with van der Waals surface area (Å²) in [4.78, 5) is 22.6. The highest BCUT2D eigenvalue weighted by molar-refractivity contribution is 6.01. The Bertz CT molecular complexity index is 1940. The maximum atomic E-state index is 15.8. The van der Waals surface area contributed by atoms with Gasteiger partial charge in [-0.1, -0.05) is 5.10 Å². The van der Waals surface area contributed by atoms with Crippen LogP contribution in [0.5, 0.6) is 5.75 Å². The van der Waals surface area contributed by atoms with Gasteiger partial charge in [0.05, 0.1) is 18.8 Å². The number of aromatic nitrogens is 4. The molecule has 1 N–H and O–H groups in total. The van der Waals surface area contributed by atoms with Crippen LogP contribution in [0.25, 0.3) is 33.7 Å². The monoisotopic (exact) mass is 704 g/mol. The minimum absolute atomic E-state index is 0.262. The van der Waals surface area contributed by atoms with Gasteiger partial charge in [-0.3, -0.25) is 4.90 Å². The number of aryl methyl sites for hydroxylation is 2. The number of hydrogen-bond donors (Lipinski definition) is 1. The lowest BCUT2D eigenvalue weighted by Crippen LogP contribution is -2.48. The molecule has 0 radical (unpaired) electrons. The van der Waals surface area contributed by atoms with Gasteiger partial charge in [0, 0.05) is 67.1 Å². The van der Waals surface area contributed by atoms with Gasteiger partial charge in [0.1, 0.15) is 11.3 Å². The van der Waals surface area contributed by atoms with Gasteiger partial charge in [0.15, 0.2) is 17.7 Å². The van der Waals surface area contributed by atoms with Crippen molar-refractivity contribution in [2.75, 3.05) is 44.9 Å². The minimum atomic E-state index is -1.36. The maximum absolute atomic E-state index is 15.8. The molecule has 51 heavy (non-hydrogen) atoms. The first-order chi connectivity index (χ1) is 24.4. The molecule has 0 spiro atoms. The zero-order valence-electron chi connectivity index (χ0n) is 30.7. The van der Waals surface area contributed by atoms with Gasteiger partial charge in [-0.2, -0.15) is 0 Å². The van der Waals surface area contributed by atoms with Crippen molar-refractivity contribution in [1.29, 1.82) is 0 Å². The van der Waals surface area contributed by atoms with Crippen LogP contribution in [-0.2, 0) is 27.7 Å². The van der Waals surface area contributed by atoms with E-state index in [1.54, 1.807) is 14.0 Å². The van der Waals surface area contributed by atoms with Crippen molar-refractivity contribution >= 4 is 23.0 Å². The van der Waals surface area contributed by atoms with Gasteiger partial charge in [-0.25, -0.2) is 14.2 Å². The lowest BCUT2D eigenvalue weighted by atomic mass is 9.86. The largest absolute Gasteiger partial charge is 0.490 e. The number of rotatable bonds is 9. The second-order valence-corrected chi connectivity index (χ2v) is 15.1. The van der Waals surface area contributed by atoms with Crippen LogP contribution in [0.1, 0.15) is 81.4 Å². The Morgan fingerprint density at radius 2 is 1.88 bits per heavy atom. The number of benzene rings is 1. The molecule has 13 heteroatoms. The molecule has 3 aliphatic heterocycles. The predicted molar refractivity (Wildman–Crippen MR) is 191 cm³/mol. The first-order valence-electron chi connectivity index (χ1n) is 18.1. The van der Waals surface area contributed by atoms with Crippen molar-refractivity contribution < 1.29 is 32.9 Å². The van der Waals surface area contributed by atoms with E-state index in [2.05, 4.69) is 20.0 Å². The standard InChI is InChI=1S/C38H49FN6O6/c1-21-25-11-9-17-49-32(25)28(39)18-26(21)31-27-19-29(43(6)34(27)40-22(2)30(31)33(36(46)47)51-38(3,4)5)35-41-42-37(50-35)44-15-12-23(13-16-44)45-14-8-10-24(45)20-48-7/h18-19,23-24,33H,8-17,20H2,1-7H3,(H,46,47)/t24?,33-/m0/s1. The molecule has 0 aliphatic carbocycles. The Kier molecular flexibility index (Phi) is 9.57. The third-order valence-electron chi connectivity index (χ3n) is 10.7. The van der Waals surface area contributed by atoms with Gasteiger partial charge in [-0.15, -0.1) is 5.10 Å². The summed E-state index contributed by atoms with van der Waals surface area (Å²) < 4.78 is 41.5. The maximum Gasteiger partial charge on any atom is 0.337 e. The number of ether oxygens (including phenoxy) is 3. The van der Waals surface area contributed by atoms with Crippen molar-refractivity contribution in [2.24, 2.45) is 7.05 Å². The summed E-state index contributed by atoms with van der Waals surface area (Å²) in [5, 5.41) is 20.1. The molecule has 1 aromatic carbocycles. The smallest absolute Gasteiger partial charge is 0.337 e. The molecule has 12 nitrogen and oxygen atoms in total. The number of halogens is 1. The van der Waals surface area contributed by atoms with Crippen molar-refractivity contribution in [2.45, 2.75) is 96.9 Å². The average molecular weight is 705 g/mol. The van der Waals surface area contributed by atoms with E-state index < -0.39 is 23.5 Å². The fraction of sp³-hybridized carbons (Fsp3) is 0.579.